The normalized spacial score (nSPS) is 13.3. The van der Waals surface area contributed by atoms with Crippen molar-refractivity contribution in [2.45, 2.75) is 6.92 Å². The Labute approximate surface area is 211 Å². The van der Waals surface area contributed by atoms with Gasteiger partial charge in [-0.15, -0.1) is 0 Å². The van der Waals surface area contributed by atoms with E-state index in [-0.39, 0.29) is 22.8 Å². The Morgan fingerprint density at radius 3 is 2.18 bits per heavy atom. The number of benzene rings is 3. The molecule has 1 aliphatic heterocycles. The minimum atomic E-state index is -2.36. The Kier molecular flexibility index (Phi) is 7.24. The van der Waals surface area contributed by atoms with Crippen molar-refractivity contribution in [2.75, 3.05) is 20.8 Å². The minimum Gasteiger partial charge on any atom is -0.497 e. The second-order valence-electron chi connectivity index (χ2n) is 7.82. The third kappa shape index (κ3) is 4.84. The van der Waals surface area contributed by atoms with Gasteiger partial charge in [-0.3, -0.25) is 4.79 Å². The van der Waals surface area contributed by atoms with Gasteiger partial charge in [0.1, 0.15) is 23.0 Å². The molecule has 0 saturated carbocycles. The van der Waals surface area contributed by atoms with Crippen LogP contribution in [0, 0.1) is 36.0 Å². The van der Waals surface area contributed by atoms with Gasteiger partial charge >= 0.3 is 5.97 Å². The number of rotatable bonds is 7. The van der Waals surface area contributed by atoms with Crippen LogP contribution in [0.4, 0.5) is 22.0 Å². The molecule has 3 aromatic carbocycles. The van der Waals surface area contributed by atoms with Gasteiger partial charge in [0.25, 0.3) is 0 Å². The lowest BCUT2D eigenvalue weighted by Crippen LogP contribution is -2.19. The number of fused-ring (bicyclic) bond motifs is 1. The molecule has 198 valence electrons. The van der Waals surface area contributed by atoms with Crippen molar-refractivity contribution >= 4 is 17.8 Å². The van der Waals surface area contributed by atoms with Crippen LogP contribution in [-0.2, 0) is 4.79 Å². The van der Waals surface area contributed by atoms with E-state index in [2.05, 4.69) is 4.74 Å². The van der Waals surface area contributed by atoms with E-state index in [4.69, 9.17) is 18.9 Å². The first kappa shape index (κ1) is 26.5. The van der Waals surface area contributed by atoms with Crippen molar-refractivity contribution < 1.29 is 55.2 Å². The molecule has 0 fully saturated rings. The summed E-state index contributed by atoms with van der Waals surface area (Å²) in [4.78, 5) is 25.1. The van der Waals surface area contributed by atoms with Gasteiger partial charge in [-0.05, 0) is 36.8 Å². The number of hydrogen-bond donors (Lipinski definition) is 0. The van der Waals surface area contributed by atoms with E-state index >= 15 is 0 Å². The highest BCUT2D eigenvalue weighted by Crippen LogP contribution is 2.38. The van der Waals surface area contributed by atoms with Crippen LogP contribution in [0.5, 0.6) is 28.7 Å². The molecule has 0 bridgehead atoms. The van der Waals surface area contributed by atoms with E-state index in [1.165, 1.54) is 32.4 Å². The molecule has 0 amide bonds. The quantitative estimate of drug-likeness (QED) is 0.101. The second-order valence-corrected chi connectivity index (χ2v) is 7.82. The van der Waals surface area contributed by atoms with Gasteiger partial charge in [0.05, 0.1) is 19.8 Å². The summed E-state index contributed by atoms with van der Waals surface area (Å²) in [7, 11) is 2.94. The maximum atomic E-state index is 13.7. The van der Waals surface area contributed by atoms with Crippen molar-refractivity contribution in [2.24, 2.45) is 0 Å². The molecule has 0 saturated heterocycles. The molecular weight excluding hydrogens is 519 g/mol. The van der Waals surface area contributed by atoms with E-state index in [0.29, 0.717) is 22.6 Å². The molecule has 12 heteroatoms. The van der Waals surface area contributed by atoms with Crippen LogP contribution in [0.25, 0.3) is 6.08 Å². The third-order valence-electron chi connectivity index (χ3n) is 5.41. The Hall–Kier alpha value is -4.61. The molecule has 0 radical (unpaired) electrons. The number of aryl methyl sites for hydroxylation is 1. The Morgan fingerprint density at radius 1 is 0.895 bits per heavy atom. The largest absolute Gasteiger partial charge is 0.497 e. The summed E-state index contributed by atoms with van der Waals surface area (Å²) in [5, 5.41) is 0. The molecule has 4 rings (SSSR count). The van der Waals surface area contributed by atoms with Crippen LogP contribution in [0.15, 0.2) is 36.1 Å². The SMILES string of the molecule is COc1ccc(/C=C2\Oc3cc(OC(=O)COc4c(F)c(F)c(F)c(F)c4F)cc(C)c3C2=O)c(OC)c1. The highest BCUT2D eigenvalue weighted by Gasteiger charge is 2.31. The molecule has 3 aromatic rings. The smallest absolute Gasteiger partial charge is 0.349 e. The zero-order chi connectivity index (χ0) is 27.7. The van der Waals surface area contributed by atoms with E-state index in [9.17, 15) is 31.5 Å². The Balaban J connectivity index is 1.51. The number of hydrogen-bond acceptors (Lipinski definition) is 7. The maximum Gasteiger partial charge on any atom is 0.349 e. The van der Waals surface area contributed by atoms with Crippen LogP contribution < -0.4 is 23.7 Å². The molecule has 0 unspecified atom stereocenters. The first-order valence-electron chi connectivity index (χ1n) is 10.7. The fraction of sp³-hybridized carbons (Fsp3) is 0.154. The maximum absolute atomic E-state index is 13.7. The van der Waals surface area contributed by atoms with Crippen molar-refractivity contribution in [3.05, 3.63) is 81.9 Å². The molecular formula is C26H17F5O7. The number of ketones is 1. The highest BCUT2D eigenvalue weighted by molar-refractivity contribution is 6.15. The second kappa shape index (κ2) is 10.4. The predicted octanol–water partition coefficient (Wildman–Crippen LogP) is 5.31. The molecule has 38 heavy (non-hydrogen) atoms. The fourth-order valence-corrected chi connectivity index (χ4v) is 3.62. The summed E-state index contributed by atoms with van der Waals surface area (Å²) in [5.41, 5.74) is 1.11. The molecule has 1 aliphatic rings. The molecule has 0 aliphatic carbocycles. The fourth-order valence-electron chi connectivity index (χ4n) is 3.62. The number of methoxy groups -OCH3 is 2. The lowest BCUT2D eigenvalue weighted by atomic mass is 10.0. The Morgan fingerprint density at radius 2 is 1.55 bits per heavy atom. The average molecular weight is 536 g/mol. The third-order valence-corrected chi connectivity index (χ3v) is 5.41. The van der Waals surface area contributed by atoms with E-state index in [1.54, 1.807) is 25.1 Å². The molecule has 1 heterocycles. The van der Waals surface area contributed by atoms with Crippen LogP contribution >= 0.6 is 0 Å². The zero-order valence-electron chi connectivity index (χ0n) is 19.9. The number of carbonyl (C=O) groups excluding carboxylic acids is 2. The highest BCUT2D eigenvalue weighted by atomic mass is 19.2. The number of carbonyl (C=O) groups is 2. The molecule has 0 N–H and O–H groups in total. The van der Waals surface area contributed by atoms with Crippen molar-refractivity contribution in [1.82, 2.24) is 0 Å². The summed E-state index contributed by atoms with van der Waals surface area (Å²) in [6.45, 7) is 0.371. The monoisotopic (exact) mass is 536 g/mol. The Bertz CT molecular complexity index is 1470. The summed E-state index contributed by atoms with van der Waals surface area (Å²) < 4.78 is 92.9. The van der Waals surface area contributed by atoms with Gasteiger partial charge in [-0.1, -0.05) is 0 Å². The van der Waals surface area contributed by atoms with Crippen molar-refractivity contribution in [3.8, 4) is 28.7 Å². The van der Waals surface area contributed by atoms with E-state index in [1.807, 2.05) is 0 Å². The topological polar surface area (TPSA) is 80.3 Å². The predicted molar refractivity (Wildman–Crippen MR) is 121 cm³/mol. The summed E-state index contributed by atoms with van der Waals surface area (Å²) in [5.74, 6) is -13.7. The lowest BCUT2D eigenvalue weighted by molar-refractivity contribution is -0.136. The molecule has 0 aromatic heterocycles. The molecule has 0 atom stereocenters. The van der Waals surface area contributed by atoms with Crippen LogP contribution in [-0.4, -0.2) is 32.6 Å². The van der Waals surface area contributed by atoms with Gasteiger partial charge in [0, 0.05) is 17.7 Å². The zero-order valence-corrected chi connectivity index (χ0v) is 19.9. The van der Waals surface area contributed by atoms with Gasteiger partial charge in [-0.25, -0.2) is 18.0 Å². The van der Waals surface area contributed by atoms with Gasteiger partial charge in [-0.2, -0.15) is 8.78 Å². The van der Waals surface area contributed by atoms with Crippen LogP contribution in [0.3, 0.4) is 0 Å². The standard InChI is InChI=1S/C26H17F5O7/c1-11-6-14(37-18(32)10-36-26-23(30)21(28)20(27)22(29)24(26)31)9-16-19(11)25(33)17(38-16)7-12-4-5-13(34-2)8-15(12)35-3/h4-9H,10H2,1-3H3/b17-7-. The number of ether oxygens (including phenoxy) is 5. The minimum absolute atomic E-state index is 0.0373. The van der Waals surface area contributed by atoms with Gasteiger partial charge in [0.2, 0.25) is 34.9 Å². The van der Waals surface area contributed by atoms with Crippen LogP contribution in [0.2, 0.25) is 0 Å². The summed E-state index contributed by atoms with van der Waals surface area (Å²) in [6, 6.07) is 7.50. The average Bonchev–Trinajstić information content (AvgIpc) is 3.21. The lowest BCUT2D eigenvalue weighted by Gasteiger charge is -2.11. The van der Waals surface area contributed by atoms with Crippen LogP contribution in [0.1, 0.15) is 21.5 Å². The van der Waals surface area contributed by atoms with Gasteiger partial charge < -0.3 is 23.7 Å². The van der Waals surface area contributed by atoms with E-state index in [0.717, 1.165) is 0 Å². The number of Topliss-reactive ketones (excluding diaryl/α,β-unsaturated/α-hetero) is 1. The van der Waals surface area contributed by atoms with Gasteiger partial charge in [0.15, 0.2) is 18.1 Å². The number of halogens is 5. The molecule has 7 nitrogen and oxygen atoms in total. The first-order chi connectivity index (χ1) is 18.0. The summed E-state index contributed by atoms with van der Waals surface area (Å²) >= 11 is 0. The number of allylic oxidation sites excluding steroid dienone is 1. The van der Waals surface area contributed by atoms with Crippen molar-refractivity contribution in [3.63, 3.8) is 0 Å². The number of esters is 1. The van der Waals surface area contributed by atoms with Crippen molar-refractivity contribution in [1.29, 1.82) is 0 Å². The summed E-state index contributed by atoms with van der Waals surface area (Å²) in [6.07, 6.45) is 1.46. The first-order valence-corrected chi connectivity index (χ1v) is 10.7. The van der Waals surface area contributed by atoms with E-state index < -0.39 is 53.2 Å². The molecule has 0 spiro atoms.